The van der Waals surface area contributed by atoms with Crippen molar-refractivity contribution in [1.82, 2.24) is 4.98 Å². The van der Waals surface area contributed by atoms with Crippen molar-refractivity contribution in [2.45, 2.75) is 24.7 Å². The molecule has 0 spiro atoms. The molecule has 3 rings (SSSR count). The second kappa shape index (κ2) is 9.92. The van der Waals surface area contributed by atoms with Crippen LogP contribution in [0.2, 0.25) is 0 Å². The van der Waals surface area contributed by atoms with Gasteiger partial charge in [-0.05, 0) is 36.1 Å². The first-order valence-electron chi connectivity index (χ1n) is 9.87. The molecule has 0 fully saturated rings. The largest absolute Gasteiger partial charge is 0.370 e. The molecule has 0 saturated carbocycles. The van der Waals surface area contributed by atoms with Gasteiger partial charge in [-0.25, -0.2) is 13.4 Å². The molecule has 0 unspecified atom stereocenters. The van der Waals surface area contributed by atoms with Gasteiger partial charge in [0.05, 0.1) is 15.5 Å². The monoisotopic (exact) mass is 471 g/mol. The van der Waals surface area contributed by atoms with E-state index in [1.165, 1.54) is 24.5 Å². The Morgan fingerprint density at radius 1 is 1.06 bits per heavy atom. The third-order valence-corrected chi connectivity index (χ3v) is 6.75. The van der Waals surface area contributed by atoms with Crippen molar-refractivity contribution in [3.8, 4) is 21.7 Å². The number of nitrogens with one attached hydrogen (secondary N) is 1. The number of hydrogen-bond donors (Lipinski definition) is 3. The van der Waals surface area contributed by atoms with Crippen LogP contribution < -0.4 is 16.8 Å². The third-order valence-electron chi connectivity index (χ3n) is 4.60. The van der Waals surface area contributed by atoms with Gasteiger partial charge >= 0.3 is 0 Å². The SMILES string of the molecule is CC(=O)Nc1nc(-c2ccc(CCCN=C(N)N)cc2)c(-c2ccc(S(C)(=O)=O)cc2)s1. The highest BCUT2D eigenvalue weighted by Gasteiger charge is 2.17. The van der Waals surface area contributed by atoms with Crippen molar-refractivity contribution in [1.29, 1.82) is 0 Å². The summed E-state index contributed by atoms with van der Waals surface area (Å²) in [6.45, 7) is 2.00. The molecule has 5 N–H and O–H groups in total. The van der Waals surface area contributed by atoms with Crippen LogP contribution in [0.3, 0.4) is 0 Å². The molecule has 1 amide bonds. The summed E-state index contributed by atoms with van der Waals surface area (Å²) in [5, 5.41) is 3.22. The number of thiazole rings is 1. The highest BCUT2D eigenvalue weighted by molar-refractivity contribution is 7.90. The van der Waals surface area contributed by atoms with Gasteiger partial charge < -0.3 is 16.8 Å². The number of aliphatic imine (C=N–C) groups is 1. The summed E-state index contributed by atoms with van der Waals surface area (Å²) in [5.74, 6) is -0.114. The maximum Gasteiger partial charge on any atom is 0.223 e. The van der Waals surface area contributed by atoms with E-state index in [4.69, 9.17) is 11.5 Å². The molecule has 32 heavy (non-hydrogen) atoms. The second-order valence-electron chi connectivity index (χ2n) is 7.28. The van der Waals surface area contributed by atoms with Crippen LogP contribution >= 0.6 is 11.3 Å². The summed E-state index contributed by atoms with van der Waals surface area (Å²) in [7, 11) is -3.29. The minimum Gasteiger partial charge on any atom is -0.370 e. The Balaban J connectivity index is 1.90. The van der Waals surface area contributed by atoms with Crippen LogP contribution in [0.25, 0.3) is 21.7 Å². The maximum absolute atomic E-state index is 11.8. The number of amides is 1. The number of hydrogen-bond acceptors (Lipinski definition) is 6. The van der Waals surface area contributed by atoms with Crippen LogP contribution in [0.4, 0.5) is 5.13 Å². The summed E-state index contributed by atoms with van der Waals surface area (Å²) in [6, 6.07) is 14.7. The van der Waals surface area contributed by atoms with E-state index >= 15 is 0 Å². The Bertz CT molecular complexity index is 1230. The number of carbonyl (C=O) groups excluding carboxylic acids is 1. The standard InChI is InChI=1S/C22H25N5O3S2/c1-14(28)26-22-27-19(16-7-5-15(6-8-16)4-3-13-25-21(23)24)20(31-22)17-9-11-18(12-10-17)32(2,29)30/h5-12H,3-4,13H2,1-2H3,(H4,23,24,25)(H,26,27,28). The van der Waals surface area contributed by atoms with Gasteiger partial charge in [0.25, 0.3) is 0 Å². The van der Waals surface area contributed by atoms with Crippen molar-refractivity contribution < 1.29 is 13.2 Å². The van der Waals surface area contributed by atoms with Gasteiger partial charge in [-0.15, -0.1) is 0 Å². The molecule has 10 heteroatoms. The molecule has 3 aromatic rings. The smallest absolute Gasteiger partial charge is 0.223 e. The van der Waals surface area contributed by atoms with Gasteiger partial charge in [-0.1, -0.05) is 47.7 Å². The first kappa shape index (κ1) is 23.4. The van der Waals surface area contributed by atoms with E-state index in [1.807, 2.05) is 24.3 Å². The van der Waals surface area contributed by atoms with E-state index in [0.717, 1.165) is 40.1 Å². The van der Waals surface area contributed by atoms with Gasteiger partial charge in [0.1, 0.15) is 0 Å². The average Bonchev–Trinajstić information content (AvgIpc) is 3.14. The van der Waals surface area contributed by atoms with E-state index in [9.17, 15) is 13.2 Å². The lowest BCUT2D eigenvalue weighted by atomic mass is 10.0. The number of aryl methyl sites for hydroxylation is 1. The molecule has 0 aliphatic carbocycles. The van der Waals surface area contributed by atoms with Crippen LogP contribution in [0.5, 0.6) is 0 Å². The molecule has 1 aromatic heterocycles. The van der Waals surface area contributed by atoms with Crippen LogP contribution in [0.1, 0.15) is 18.9 Å². The Kier molecular flexibility index (Phi) is 7.26. The molecule has 0 atom stereocenters. The topological polar surface area (TPSA) is 141 Å². The molecule has 0 aliphatic rings. The van der Waals surface area contributed by atoms with Gasteiger partial charge in [-0.3, -0.25) is 9.79 Å². The van der Waals surface area contributed by atoms with Gasteiger partial charge in [-0.2, -0.15) is 0 Å². The Labute approximate surface area is 191 Å². The van der Waals surface area contributed by atoms with E-state index in [0.29, 0.717) is 11.7 Å². The maximum atomic E-state index is 11.8. The summed E-state index contributed by atoms with van der Waals surface area (Å²) in [5.41, 5.74) is 14.3. The fourth-order valence-corrected chi connectivity index (χ4v) is 4.76. The van der Waals surface area contributed by atoms with Crippen LogP contribution in [-0.4, -0.2) is 38.1 Å². The number of aromatic nitrogens is 1. The fourth-order valence-electron chi connectivity index (χ4n) is 3.09. The normalized spacial score (nSPS) is 11.2. The average molecular weight is 472 g/mol. The van der Waals surface area contributed by atoms with Gasteiger partial charge in [0.15, 0.2) is 20.9 Å². The van der Waals surface area contributed by atoms with Crippen molar-refractivity contribution in [2.75, 3.05) is 18.1 Å². The Hall–Kier alpha value is -3.24. The molecule has 8 nitrogen and oxygen atoms in total. The highest BCUT2D eigenvalue weighted by atomic mass is 32.2. The second-order valence-corrected chi connectivity index (χ2v) is 10.3. The number of carbonyl (C=O) groups is 1. The minimum atomic E-state index is -3.29. The summed E-state index contributed by atoms with van der Waals surface area (Å²) in [4.78, 5) is 21.2. The molecule has 1 heterocycles. The first-order chi connectivity index (χ1) is 15.1. The lowest BCUT2D eigenvalue weighted by Gasteiger charge is -2.06. The summed E-state index contributed by atoms with van der Waals surface area (Å²) >= 11 is 1.34. The number of nitrogens with zero attached hydrogens (tertiary/aromatic N) is 2. The minimum absolute atomic E-state index is 0.0935. The fraction of sp³-hybridized carbons (Fsp3) is 0.227. The summed E-state index contributed by atoms with van der Waals surface area (Å²) in [6.07, 6.45) is 2.84. The lowest BCUT2D eigenvalue weighted by molar-refractivity contribution is -0.114. The molecule has 168 valence electrons. The zero-order valence-corrected chi connectivity index (χ0v) is 19.5. The molecular formula is C22H25N5O3S2. The van der Waals surface area contributed by atoms with Gasteiger partial charge in [0.2, 0.25) is 5.91 Å². The molecular weight excluding hydrogens is 446 g/mol. The molecule has 2 aromatic carbocycles. The quantitative estimate of drug-likeness (QED) is 0.262. The zero-order chi connectivity index (χ0) is 23.3. The number of rotatable bonds is 8. The van der Waals surface area contributed by atoms with Crippen molar-refractivity contribution in [3.63, 3.8) is 0 Å². The van der Waals surface area contributed by atoms with Crippen LogP contribution in [-0.2, 0) is 21.1 Å². The van der Waals surface area contributed by atoms with Crippen LogP contribution in [0, 0.1) is 0 Å². The number of anilines is 1. The van der Waals surface area contributed by atoms with E-state index in [1.54, 1.807) is 24.3 Å². The Morgan fingerprint density at radius 2 is 1.69 bits per heavy atom. The number of nitrogens with two attached hydrogens (primary N) is 2. The predicted octanol–water partition coefficient (Wildman–Crippen LogP) is 3.05. The summed E-state index contributed by atoms with van der Waals surface area (Å²) < 4.78 is 23.6. The molecule has 0 saturated heterocycles. The zero-order valence-electron chi connectivity index (χ0n) is 17.8. The number of sulfone groups is 1. The van der Waals surface area contributed by atoms with Crippen LogP contribution in [0.15, 0.2) is 58.4 Å². The highest BCUT2D eigenvalue weighted by Crippen LogP contribution is 2.39. The molecule has 0 radical (unpaired) electrons. The number of guanidine groups is 1. The Morgan fingerprint density at radius 3 is 2.25 bits per heavy atom. The van der Waals surface area contributed by atoms with Crippen molar-refractivity contribution in [2.24, 2.45) is 16.5 Å². The van der Waals surface area contributed by atoms with E-state index in [2.05, 4.69) is 15.3 Å². The molecule has 0 bridgehead atoms. The van der Waals surface area contributed by atoms with Crippen molar-refractivity contribution >= 4 is 38.2 Å². The van der Waals surface area contributed by atoms with E-state index < -0.39 is 9.84 Å². The first-order valence-corrected chi connectivity index (χ1v) is 12.6. The van der Waals surface area contributed by atoms with Crippen molar-refractivity contribution in [3.05, 3.63) is 54.1 Å². The predicted molar refractivity (Wildman–Crippen MR) is 129 cm³/mol. The number of benzene rings is 2. The van der Waals surface area contributed by atoms with Gasteiger partial charge in [0, 0.05) is 25.3 Å². The lowest BCUT2D eigenvalue weighted by Crippen LogP contribution is -2.23. The third kappa shape index (κ3) is 6.14. The van der Waals surface area contributed by atoms with E-state index in [-0.39, 0.29) is 16.8 Å². The molecule has 0 aliphatic heterocycles.